The number of aryl methyl sites for hydroxylation is 1. The third-order valence-electron chi connectivity index (χ3n) is 3.03. The van der Waals surface area contributed by atoms with E-state index in [9.17, 15) is 22.8 Å². The van der Waals surface area contributed by atoms with Gasteiger partial charge in [-0.1, -0.05) is 29.8 Å². The van der Waals surface area contributed by atoms with Crippen LogP contribution in [0.3, 0.4) is 0 Å². The number of esters is 1. The number of carbonyl (C=O) groups excluding carboxylic acids is 2. The Bertz CT molecular complexity index is 742. The summed E-state index contributed by atoms with van der Waals surface area (Å²) in [4.78, 5) is 27.1. The predicted octanol–water partition coefficient (Wildman–Crippen LogP) is 2.88. The number of hydrogen-bond acceptors (Lipinski definition) is 5. The summed E-state index contributed by atoms with van der Waals surface area (Å²) >= 11 is 1.36. The van der Waals surface area contributed by atoms with Gasteiger partial charge < -0.3 is 10.1 Å². The van der Waals surface area contributed by atoms with Crippen molar-refractivity contribution in [2.24, 2.45) is 0 Å². The molecule has 0 aliphatic heterocycles. The smallest absolute Gasteiger partial charge is 0.405 e. The maximum absolute atomic E-state index is 11.9. The predicted molar refractivity (Wildman–Crippen MR) is 86.0 cm³/mol. The molecule has 1 aromatic carbocycles. The summed E-state index contributed by atoms with van der Waals surface area (Å²) in [5.74, 6) is -1.74. The number of nitrogens with one attached hydrogen (secondary N) is 1. The summed E-state index contributed by atoms with van der Waals surface area (Å²) in [5, 5.41) is 4.05. The zero-order valence-electron chi connectivity index (χ0n) is 13.2. The SMILES string of the molecule is Cc1ccc(-c2nc(CC(=O)OCC(=O)NCC(F)(F)F)cs2)cc1. The van der Waals surface area contributed by atoms with E-state index in [2.05, 4.69) is 9.72 Å². The molecule has 25 heavy (non-hydrogen) atoms. The van der Waals surface area contributed by atoms with Gasteiger partial charge in [-0.15, -0.1) is 11.3 Å². The molecule has 0 bridgehead atoms. The third-order valence-corrected chi connectivity index (χ3v) is 3.97. The Balaban J connectivity index is 1.81. The van der Waals surface area contributed by atoms with Gasteiger partial charge in [-0.3, -0.25) is 9.59 Å². The highest BCUT2D eigenvalue weighted by Crippen LogP contribution is 2.24. The third kappa shape index (κ3) is 6.54. The van der Waals surface area contributed by atoms with Crippen LogP contribution < -0.4 is 5.32 Å². The highest BCUT2D eigenvalue weighted by molar-refractivity contribution is 7.13. The van der Waals surface area contributed by atoms with Gasteiger partial charge in [0.05, 0.1) is 12.1 Å². The summed E-state index contributed by atoms with van der Waals surface area (Å²) in [6.07, 6.45) is -4.67. The number of alkyl halides is 3. The molecule has 2 aromatic rings. The second-order valence-corrected chi connectivity index (χ2v) is 6.10. The fraction of sp³-hybridized carbons (Fsp3) is 0.312. The molecular formula is C16H15F3N2O3S. The summed E-state index contributed by atoms with van der Waals surface area (Å²) in [7, 11) is 0. The van der Waals surface area contributed by atoms with Crippen LogP contribution in [0.1, 0.15) is 11.3 Å². The fourth-order valence-corrected chi connectivity index (χ4v) is 2.64. The van der Waals surface area contributed by atoms with Crippen LogP contribution in [0.4, 0.5) is 13.2 Å². The molecule has 1 heterocycles. The topological polar surface area (TPSA) is 68.3 Å². The molecule has 0 aliphatic carbocycles. The summed E-state index contributed by atoms with van der Waals surface area (Å²) in [6, 6.07) is 7.73. The number of aromatic nitrogens is 1. The maximum atomic E-state index is 11.9. The number of halogens is 3. The van der Waals surface area contributed by atoms with Crippen LogP contribution in [-0.2, 0) is 20.7 Å². The number of hydrogen-bond donors (Lipinski definition) is 1. The Morgan fingerprint density at radius 2 is 1.92 bits per heavy atom. The van der Waals surface area contributed by atoms with Crippen molar-refractivity contribution in [2.45, 2.75) is 19.5 Å². The summed E-state index contributed by atoms with van der Waals surface area (Å²) in [6.45, 7) is -0.253. The van der Waals surface area contributed by atoms with Gasteiger partial charge in [0.2, 0.25) is 0 Å². The molecule has 0 radical (unpaired) electrons. The normalized spacial score (nSPS) is 11.2. The molecule has 0 saturated heterocycles. The molecule has 134 valence electrons. The standard InChI is InChI=1S/C16H15F3N2O3S/c1-10-2-4-11(5-3-10)15-21-12(8-25-15)6-14(23)24-7-13(22)20-9-16(17,18)19/h2-5,8H,6-7,9H2,1H3,(H,20,22). The van der Waals surface area contributed by atoms with Gasteiger partial charge in [0.25, 0.3) is 5.91 Å². The second kappa shape index (κ2) is 8.11. The zero-order chi connectivity index (χ0) is 18.4. The minimum absolute atomic E-state index is 0.158. The number of ether oxygens (including phenoxy) is 1. The first-order valence-corrected chi connectivity index (χ1v) is 8.11. The summed E-state index contributed by atoms with van der Waals surface area (Å²) < 4.78 is 40.5. The number of rotatable bonds is 6. The van der Waals surface area contributed by atoms with E-state index in [0.717, 1.165) is 16.1 Å². The van der Waals surface area contributed by atoms with E-state index in [0.29, 0.717) is 5.69 Å². The average molecular weight is 372 g/mol. The van der Waals surface area contributed by atoms with Crippen LogP contribution in [0.5, 0.6) is 0 Å². The van der Waals surface area contributed by atoms with Crippen molar-refractivity contribution in [1.82, 2.24) is 10.3 Å². The summed E-state index contributed by atoms with van der Waals surface area (Å²) in [5.41, 5.74) is 2.51. The zero-order valence-corrected chi connectivity index (χ0v) is 14.0. The Hall–Kier alpha value is -2.42. The van der Waals surface area contributed by atoms with Crippen LogP contribution in [0.15, 0.2) is 29.6 Å². The van der Waals surface area contributed by atoms with Crippen molar-refractivity contribution in [3.8, 4) is 10.6 Å². The average Bonchev–Trinajstić information content (AvgIpc) is 2.99. The molecule has 2 rings (SSSR count). The lowest BCUT2D eigenvalue weighted by atomic mass is 10.2. The van der Waals surface area contributed by atoms with Gasteiger partial charge in [0, 0.05) is 10.9 Å². The Morgan fingerprint density at radius 1 is 1.24 bits per heavy atom. The first-order valence-electron chi connectivity index (χ1n) is 7.23. The Morgan fingerprint density at radius 3 is 2.56 bits per heavy atom. The number of amides is 1. The van der Waals surface area contributed by atoms with Gasteiger partial charge >= 0.3 is 12.1 Å². The molecule has 1 aromatic heterocycles. The van der Waals surface area contributed by atoms with Gasteiger partial charge in [-0.25, -0.2) is 4.98 Å². The number of thiazole rings is 1. The Kier molecular flexibility index (Phi) is 6.13. The number of carbonyl (C=O) groups is 2. The van der Waals surface area contributed by atoms with E-state index >= 15 is 0 Å². The number of benzene rings is 1. The van der Waals surface area contributed by atoms with Crippen LogP contribution in [0.2, 0.25) is 0 Å². The van der Waals surface area contributed by atoms with Gasteiger partial charge in [0.15, 0.2) is 6.61 Å². The first-order chi connectivity index (χ1) is 11.7. The van der Waals surface area contributed by atoms with Crippen molar-refractivity contribution in [3.63, 3.8) is 0 Å². The highest BCUT2D eigenvalue weighted by Gasteiger charge is 2.27. The molecule has 5 nitrogen and oxygen atoms in total. The van der Waals surface area contributed by atoms with E-state index in [4.69, 9.17) is 0 Å². The molecule has 0 aliphatic rings. The van der Waals surface area contributed by atoms with E-state index in [1.165, 1.54) is 11.3 Å². The molecule has 0 fully saturated rings. The Labute approximate surface area is 145 Å². The maximum Gasteiger partial charge on any atom is 0.405 e. The van der Waals surface area contributed by atoms with E-state index in [-0.39, 0.29) is 6.42 Å². The second-order valence-electron chi connectivity index (χ2n) is 5.24. The van der Waals surface area contributed by atoms with E-state index < -0.39 is 31.2 Å². The quantitative estimate of drug-likeness (QED) is 0.792. The molecular weight excluding hydrogens is 357 g/mol. The van der Waals surface area contributed by atoms with E-state index in [1.54, 1.807) is 10.7 Å². The van der Waals surface area contributed by atoms with Gasteiger partial charge in [-0.2, -0.15) is 13.2 Å². The first kappa shape index (κ1) is 18.9. The van der Waals surface area contributed by atoms with Crippen molar-refractivity contribution in [3.05, 3.63) is 40.9 Å². The van der Waals surface area contributed by atoms with Crippen molar-refractivity contribution in [2.75, 3.05) is 13.2 Å². The molecule has 0 saturated carbocycles. The van der Waals surface area contributed by atoms with Crippen LogP contribution in [0.25, 0.3) is 10.6 Å². The highest BCUT2D eigenvalue weighted by atomic mass is 32.1. The van der Waals surface area contributed by atoms with Crippen LogP contribution in [0, 0.1) is 6.92 Å². The van der Waals surface area contributed by atoms with Crippen molar-refractivity contribution < 1.29 is 27.5 Å². The van der Waals surface area contributed by atoms with Crippen molar-refractivity contribution in [1.29, 1.82) is 0 Å². The molecule has 9 heteroatoms. The lowest BCUT2D eigenvalue weighted by Gasteiger charge is -2.08. The van der Waals surface area contributed by atoms with Crippen LogP contribution in [-0.4, -0.2) is 36.2 Å². The monoisotopic (exact) mass is 372 g/mol. The lowest BCUT2D eigenvalue weighted by molar-refractivity contribution is -0.150. The van der Waals surface area contributed by atoms with Gasteiger partial charge in [0.1, 0.15) is 11.6 Å². The minimum Gasteiger partial charge on any atom is -0.455 e. The molecule has 1 amide bonds. The van der Waals surface area contributed by atoms with Gasteiger partial charge in [-0.05, 0) is 6.92 Å². The minimum atomic E-state index is -4.51. The van der Waals surface area contributed by atoms with Crippen molar-refractivity contribution >= 4 is 23.2 Å². The van der Waals surface area contributed by atoms with E-state index in [1.807, 2.05) is 31.2 Å². The van der Waals surface area contributed by atoms with Crippen LogP contribution >= 0.6 is 11.3 Å². The number of nitrogens with zero attached hydrogens (tertiary/aromatic N) is 1. The fourth-order valence-electron chi connectivity index (χ4n) is 1.81. The molecule has 0 spiro atoms. The largest absolute Gasteiger partial charge is 0.455 e. The molecule has 0 atom stereocenters. The molecule has 0 unspecified atom stereocenters. The lowest BCUT2D eigenvalue weighted by Crippen LogP contribution is -2.36. The molecule has 1 N–H and O–H groups in total.